The third-order valence-corrected chi connectivity index (χ3v) is 12.5. The standard InChI is InChI=1S/C46H26S2/c1-2-8-28-21-29(14-13-27(28)7-1)31-16-19-44-40(23-31)41-24-32(17-20-45(41)47-44)30-15-18-35-37(22-30)33-9-3-4-10-34(33)38-25-42-36-11-5-6-12-43(36)48-46(42)26-39(35)38/h1-26H. The van der Waals surface area contributed by atoms with Crippen LogP contribution in [0.15, 0.2) is 158 Å². The van der Waals surface area contributed by atoms with Crippen LogP contribution in [0.4, 0.5) is 0 Å². The van der Waals surface area contributed by atoms with E-state index in [1.807, 2.05) is 22.7 Å². The number of hydrogen-bond donors (Lipinski definition) is 0. The Hall–Kier alpha value is -5.54. The number of hydrogen-bond acceptors (Lipinski definition) is 2. The van der Waals surface area contributed by atoms with Gasteiger partial charge in [-0.3, -0.25) is 0 Å². The largest absolute Gasteiger partial charge is 0.135 e. The van der Waals surface area contributed by atoms with Crippen molar-refractivity contribution in [3.8, 4) is 22.3 Å². The lowest BCUT2D eigenvalue weighted by atomic mass is 9.91. The first kappa shape index (κ1) is 26.5. The van der Waals surface area contributed by atoms with Gasteiger partial charge in [0.2, 0.25) is 0 Å². The van der Waals surface area contributed by atoms with Gasteiger partial charge in [-0.25, -0.2) is 0 Å². The molecule has 0 radical (unpaired) electrons. The summed E-state index contributed by atoms with van der Waals surface area (Å²) in [4.78, 5) is 0. The van der Waals surface area contributed by atoms with E-state index in [1.165, 1.54) is 106 Å². The van der Waals surface area contributed by atoms with Crippen molar-refractivity contribution in [2.24, 2.45) is 0 Å². The summed E-state index contributed by atoms with van der Waals surface area (Å²) >= 11 is 3.78. The molecule has 0 aliphatic rings. The smallest absolute Gasteiger partial charge is 0.0362 e. The highest BCUT2D eigenvalue weighted by Crippen LogP contribution is 2.44. The Balaban J connectivity index is 1.10. The Kier molecular flexibility index (Phi) is 5.51. The minimum atomic E-state index is 1.25. The van der Waals surface area contributed by atoms with Crippen LogP contribution in [-0.4, -0.2) is 0 Å². The van der Waals surface area contributed by atoms with Crippen LogP contribution >= 0.6 is 22.7 Å². The third-order valence-electron chi connectivity index (χ3n) is 10.2. The zero-order valence-electron chi connectivity index (χ0n) is 25.8. The van der Waals surface area contributed by atoms with Crippen molar-refractivity contribution in [1.82, 2.24) is 0 Å². The van der Waals surface area contributed by atoms with Crippen LogP contribution in [-0.2, 0) is 0 Å². The summed E-state index contributed by atoms with van der Waals surface area (Å²) in [6.07, 6.45) is 0. The molecule has 0 amide bonds. The van der Waals surface area contributed by atoms with Crippen LogP contribution in [0.2, 0.25) is 0 Å². The lowest BCUT2D eigenvalue weighted by Crippen LogP contribution is -1.85. The third kappa shape index (κ3) is 3.88. The lowest BCUT2D eigenvalue weighted by Gasteiger charge is -2.13. The van der Waals surface area contributed by atoms with E-state index in [9.17, 15) is 0 Å². The highest BCUT2D eigenvalue weighted by atomic mass is 32.1. The Morgan fingerprint density at radius 1 is 0.229 bits per heavy atom. The summed E-state index contributed by atoms with van der Waals surface area (Å²) in [5.74, 6) is 0. The van der Waals surface area contributed by atoms with E-state index < -0.39 is 0 Å². The molecule has 0 fully saturated rings. The molecule has 11 aromatic rings. The number of rotatable bonds is 2. The van der Waals surface area contributed by atoms with Gasteiger partial charge in [0, 0.05) is 40.3 Å². The maximum absolute atomic E-state index is 2.43. The summed E-state index contributed by atoms with van der Waals surface area (Å²) in [5, 5.41) is 15.8. The molecule has 2 heteroatoms. The average Bonchev–Trinajstić information content (AvgIpc) is 3.71. The molecule has 0 aliphatic heterocycles. The highest BCUT2D eigenvalue weighted by Gasteiger charge is 2.15. The Bertz CT molecular complexity index is 3120. The Morgan fingerprint density at radius 3 is 1.44 bits per heavy atom. The molecule has 0 saturated carbocycles. The average molecular weight is 643 g/mol. The first-order chi connectivity index (χ1) is 23.7. The fourth-order valence-corrected chi connectivity index (χ4v) is 10.1. The van der Waals surface area contributed by atoms with Gasteiger partial charge in [-0.2, -0.15) is 0 Å². The zero-order valence-corrected chi connectivity index (χ0v) is 27.5. The van der Waals surface area contributed by atoms with Gasteiger partial charge >= 0.3 is 0 Å². The van der Waals surface area contributed by atoms with E-state index >= 15 is 0 Å². The first-order valence-electron chi connectivity index (χ1n) is 16.4. The predicted molar refractivity (Wildman–Crippen MR) is 213 cm³/mol. The first-order valence-corrected chi connectivity index (χ1v) is 18.0. The van der Waals surface area contributed by atoms with Crippen LogP contribution in [0.5, 0.6) is 0 Å². The summed E-state index contributed by atoms with van der Waals surface area (Å²) in [6, 6.07) is 59.0. The van der Waals surface area contributed by atoms with Gasteiger partial charge < -0.3 is 0 Å². The second-order valence-electron chi connectivity index (χ2n) is 12.9. The van der Waals surface area contributed by atoms with Gasteiger partial charge in [0.1, 0.15) is 0 Å². The molecule has 0 N–H and O–H groups in total. The van der Waals surface area contributed by atoms with Crippen molar-refractivity contribution in [2.75, 3.05) is 0 Å². The molecule has 222 valence electrons. The second-order valence-corrected chi connectivity index (χ2v) is 15.1. The fraction of sp³-hybridized carbons (Fsp3) is 0. The van der Waals surface area contributed by atoms with E-state index in [4.69, 9.17) is 0 Å². The van der Waals surface area contributed by atoms with Crippen molar-refractivity contribution >= 4 is 106 Å². The van der Waals surface area contributed by atoms with Gasteiger partial charge in [-0.1, -0.05) is 103 Å². The van der Waals surface area contributed by atoms with Crippen molar-refractivity contribution in [3.63, 3.8) is 0 Å². The van der Waals surface area contributed by atoms with Crippen LogP contribution in [0, 0.1) is 0 Å². The SMILES string of the molecule is c1ccc2cc(-c3ccc4sc5ccc(-c6ccc7c(c6)c6ccccc6c6cc8c(cc76)sc6ccccc68)cc5c4c3)ccc2c1. The topological polar surface area (TPSA) is 0 Å². The molecular formula is C46H26S2. The van der Waals surface area contributed by atoms with E-state index in [1.54, 1.807) is 0 Å². The van der Waals surface area contributed by atoms with Crippen LogP contribution in [0.25, 0.3) is 106 Å². The summed E-state index contributed by atoms with van der Waals surface area (Å²) < 4.78 is 5.35. The Labute approximate surface area is 284 Å². The molecule has 0 saturated heterocycles. The zero-order chi connectivity index (χ0) is 31.3. The van der Waals surface area contributed by atoms with Crippen molar-refractivity contribution < 1.29 is 0 Å². The minimum absolute atomic E-state index is 1.25. The molecule has 48 heavy (non-hydrogen) atoms. The molecule has 2 aromatic heterocycles. The van der Waals surface area contributed by atoms with Crippen molar-refractivity contribution in [3.05, 3.63) is 158 Å². The summed E-state index contributed by atoms with van der Waals surface area (Å²) in [6.45, 7) is 0. The molecule has 2 heterocycles. The summed E-state index contributed by atoms with van der Waals surface area (Å²) in [5.41, 5.74) is 5.02. The molecule has 0 bridgehead atoms. The van der Waals surface area contributed by atoms with E-state index in [0.29, 0.717) is 0 Å². The molecule has 9 aromatic carbocycles. The normalized spacial score (nSPS) is 12.2. The second kappa shape index (κ2) is 9.98. The summed E-state index contributed by atoms with van der Waals surface area (Å²) in [7, 11) is 0. The molecule has 0 aliphatic carbocycles. The maximum atomic E-state index is 2.43. The number of thiophene rings is 2. The molecule has 0 spiro atoms. The van der Waals surface area contributed by atoms with Gasteiger partial charge in [0.15, 0.2) is 0 Å². The maximum Gasteiger partial charge on any atom is 0.0362 e. The quantitative estimate of drug-likeness (QED) is 0.165. The van der Waals surface area contributed by atoms with Crippen LogP contribution < -0.4 is 0 Å². The Morgan fingerprint density at radius 2 is 0.688 bits per heavy atom. The minimum Gasteiger partial charge on any atom is -0.135 e. The lowest BCUT2D eigenvalue weighted by molar-refractivity contribution is 1.69. The number of fused-ring (bicyclic) bond motifs is 13. The molecule has 0 atom stereocenters. The predicted octanol–water partition coefficient (Wildman–Crippen LogP) is 14.4. The highest BCUT2D eigenvalue weighted by molar-refractivity contribution is 7.26. The van der Waals surface area contributed by atoms with E-state index in [0.717, 1.165) is 0 Å². The number of benzene rings is 9. The van der Waals surface area contributed by atoms with E-state index in [-0.39, 0.29) is 0 Å². The molecular weight excluding hydrogens is 617 g/mol. The fourth-order valence-electron chi connectivity index (χ4n) is 7.86. The van der Waals surface area contributed by atoms with Gasteiger partial charge in [0.25, 0.3) is 0 Å². The molecule has 11 rings (SSSR count). The van der Waals surface area contributed by atoms with Crippen molar-refractivity contribution in [1.29, 1.82) is 0 Å². The monoisotopic (exact) mass is 642 g/mol. The van der Waals surface area contributed by atoms with Gasteiger partial charge in [-0.05, 0) is 120 Å². The van der Waals surface area contributed by atoms with Crippen LogP contribution in [0.3, 0.4) is 0 Å². The van der Waals surface area contributed by atoms with E-state index in [2.05, 4.69) is 158 Å². The van der Waals surface area contributed by atoms with Gasteiger partial charge in [-0.15, -0.1) is 22.7 Å². The molecule has 0 unspecified atom stereocenters. The van der Waals surface area contributed by atoms with Gasteiger partial charge in [0.05, 0.1) is 0 Å². The molecule has 0 nitrogen and oxygen atoms in total. The van der Waals surface area contributed by atoms with Crippen LogP contribution in [0.1, 0.15) is 0 Å². The van der Waals surface area contributed by atoms with Crippen molar-refractivity contribution in [2.45, 2.75) is 0 Å².